The number of benzene rings is 2. The first kappa shape index (κ1) is 13.2. The van der Waals surface area contributed by atoms with E-state index in [-0.39, 0.29) is 11.9 Å². The molecule has 1 N–H and O–H groups in total. The number of hydrogen-bond donors (Lipinski definition) is 1. The van der Waals surface area contributed by atoms with E-state index in [9.17, 15) is 5.11 Å². The summed E-state index contributed by atoms with van der Waals surface area (Å²) in [4.78, 5) is 0. The molecule has 2 rings (SSSR count). The predicted molar refractivity (Wildman–Crippen MR) is 78.8 cm³/mol. The monoisotopic (exact) mass is 258 g/mol. The molecule has 0 aliphatic heterocycles. The van der Waals surface area contributed by atoms with Gasteiger partial charge in [0, 0.05) is 11.0 Å². The van der Waals surface area contributed by atoms with Crippen LogP contribution in [0.3, 0.4) is 0 Å². The number of aliphatic hydroxyl groups excluding tert-OH is 1. The van der Waals surface area contributed by atoms with Crippen molar-refractivity contribution in [2.75, 3.05) is 6.61 Å². The molecule has 0 fully saturated rings. The van der Waals surface area contributed by atoms with Crippen molar-refractivity contribution in [1.29, 1.82) is 0 Å². The molecule has 0 aliphatic rings. The highest BCUT2D eigenvalue weighted by Gasteiger charge is 2.09. The second-order valence-corrected chi connectivity index (χ2v) is 5.58. The molecule has 0 aromatic heterocycles. The number of hydrogen-bond acceptors (Lipinski definition) is 2. The van der Waals surface area contributed by atoms with Crippen molar-refractivity contribution < 1.29 is 5.11 Å². The third kappa shape index (κ3) is 4.21. The molecule has 2 heteroatoms. The third-order valence-corrected chi connectivity index (χ3v) is 4.13. The summed E-state index contributed by atoms with van der Waals surface area (Å²) in [6.07, 6.45) is 0.925. The molecule has 1 atom stereocenters. The van der Waals surface area contributed by atoms with E-state index in [1.807, 2.05) is 36.0 Å². The molecule has 0 heterocycles. The van der Waals surface area contributed by atoms with Crippen molar-refractivity contribution in [3.05, 3.63) is 71.8 Å². The minimum absolute atomic E-state index is 0.229. The van der Waals surface area contributed by atoms with E-state index < -0.39 is 0 Å². The van der Waals surface area contributed by atoms with Crippen molar-refractivity contribution in [3.63, 3.8) is 0 Å². The van der Waals surface area contributed by atoms with Gasteiger partial charge in [-0.2, -0.15) is 11.8 Å². The molecule has 94 valence electrons. The molecule has 1 nitrogen and oxygen atoms in total. The summed E-state index contributed by atoms with van der Waals surface area (Å²) < 4.78 is 0. The molecule has 2 aromatic carbocycles. The van der Waals surface area contributed by atoms with E-state index in [0.717, 1.165) is 12.2 Å². The standard InChI is InChI=1S/C16H18OS/c17-12-16(11-14-7-3-1-4-8-14)18-13-15-9-5-2-6-10-15/h1-10,16-17H,11-13H2/t16-/m0/s1. The Morgan fingerprint density at radius 1 is 0.833 bits per heavy atom. The van der Waals surface area contributed by atoms with E-state index in [1.165, 1.54) is 11.1 Å². The molecule has 0 saturated heterocycles. The zero-order valence-electron chi connectivity index (χ0n) is 10.3. The van der Waals surface area contributed by atoms with Crippen LogP contribution in [0.4, 0.5) is 0 Å². The summed E-state index contributed by atoms with van der Waals surface area (Å²) in [5.41, 5.74) is 2.60. The Morgan fingerprint density at radius 2 is 1.39 bits per heavy atom. The number of thioether (sulfide) groups is 1. The Hall–Kier alpha value is -1.25. The topological polar surface area (TPSA) is 20.2 Å². The predicted octanol–water partition coefficient (Wildman–Crippen LogP) is 3.52. The van der Waals surface area contributed by atoms with Gasteiger partial charge in [-0.15, -0.1) is 0 Å². The van der Waals surface area contributed by atoms with Crippen LogP contribution in [0.25, 0.3) is 0 Å². The highest BCUT2D eigenvalue weighted by atomic mass is 32.2. The Morgan fingerprint density at radius 3 is 1.94 bits per heavy atom. The van der Waals surface area contributed by atoms with E-state index >= 15 is 0 Å². The lowest BCUT2D eigenvalue weighted by molar-refractivity contribution is 0.294. The molecule has 0 saturated carbocycles. The van der Waals surface area contributed by atoms with Crippen molar-refractivity contribution in [3.8, 4) is 0 Å². The second-order valence-electron chi connectivity index (χ2n) is 4.29. The number of rotatable bonds is 6. The maximum absolute atomic E-state index is 9.44. The minimum atomic E-state index is 0.229. The Kier molecular flexibility index (Phi) is 5.31. The fraction of sp³-hybridized carbons (Fsp3) is 0.250. The van der Waals surface area contributed by atoms with Crippen molar-refractivity contribution in [2.24, 2.45) is 0 Å². The fourth-order valence-electron chi connectivity index (χ4n) is 1.84. The van der Waals surface area contributed by atoms with Crippen LogP contribution < -0.4 is 0 Å². The lowest BCUT2D eigenvalue weighted by Gasteiger charge is -2.13. The Bertz CT molecular complexity index is 441. The Balaban J connectivity index is 1.86. The van der Waals surface area contributed by atoms with Gasteiger partial charge < -0.3 is 5.11 Å². The van der Waals surface area contributed by atoms with Crippen LogP contribution in [0.2, 0.25) is 0 Å². The second kappa shape index (κ2) is 7.24. The molecular formula is C16H18OS. The summed E-state index contributed by atoms with van der Waals surface area (Å²) in [6.45, 7) is 0.229. The smallest absolute Gasteiger partial charge is 0.0553 e. The molecule has 0 aliphatic carbocycles. The molecule has 0 bridgehead atoms. The summed E-state index contributed by atoms with van der Waals surface area (Å²) in [6, 6.07) is 20.8. The van der Waals surface area contributed by atoms with Gasteiger partial charge in [-0.3, -0.25) is 0 Å². The highest BCUT2D eigenvalue weighted by Crippen LogP contribution is 2.20. The first-order chi connectivity index (χ1) is 8.88. The molecule has 2 aromatic rings. The normalized spacial score (nSPS) is 12.3. The van der Waals surface area contributed by atoms with Gasteiger partial charge in [0.25, 0.3) is 0 Å². The zero-order chi connectivity index (χ0) is 12.6. The van der Waals surface area contributed by atoms with Gasteiger partial charge >= 0.3 is 0 Å². The van der Waals surface area contributed by atoms with E-state index in [2.05, 4.69) is 36.4 Å². The van der Waals surface area contributed by atoms with Gasteiger partial charge in [0.05, 0.1) is 6.61 Å². The molecular weight excluding hydrogens is 240 g/mol. The molecule has 0 amide bonds. The average molecular weight is 258 g/mol. The van der Waals surface area contributed by atoms with Crippen LogP contribution in [0.15, 0.2) is 60.7 Å². The molecule has 0 radical (unpaired) electrons. The van der Waals surface area contributed by atoms with Gasteiger partial charge in [-0.25, -0.2) is 0 Å². The number of aliphatic hydroxyl groups is 1. The van der Waals surface area contributed by atoms with E-state index in [1.54, 1.807) is 0 Å². The van der Waals surface area contributed by atoms with Crippen molar-refractivity contribution >= 4 is 11.8 Å². The quantitative estimate of drug-likeness (QED) is 0.855. The molecule has 0 unspecified atom stereocenters. The zero-order valence-corrected chi connectivity index (χ0v) is 11.1. The van der Waals surface area contributed by atoms with Crippen LogP contribution in [0.5, 0.6) is 0 Å². The average Bonchev–Trinajstić information content (AvgIpc) is 2.45. The lowest BCUT2D eigenvalue weighted by atomic mass is 10.1. The third-order valence-electron chi connectivity index (χ3n) is 2.84. The highest BCUT2D eigenvalue weighted by molar-refractivity contribution is 7.99. The largest absolute Gasteiger partial charge is 0.395 e. The molecule has 0 spiro atoms. The summed E-state index contributed by atoms with van der Waals surface area (Å²) in [5.74, 6) is 0.957. The van der Waals surface area contributed by atoms with Gasteiger partial charge in [-0.1, -0.05) is 60.7 Å². The van der Waals surface area contributed by atoms with Crippen LogP contribution in [-0.2, 0) is 12.2 Å². The van der Waals surface area contributed by atoms with Crippen LogP contribution in [0.1, 0.15) is 11.1 Å². The van der Waals surface area contributed by atoms with E-state index in [0.29, 0.717) is 0 Å². The first-order valence-electron chi connectivity index (χ1n) is 6.19. The van der Waals surface area contributed by atoms with Gasteiger partial charge in [0.1, 0.15) is 0 Å². The van der Waals surface area contributed by atoms with Crippen molar-refractivity contribution in [1.82, 2.24) is 0 Å². The fourth-order valence-corrected chi connectivity index (χ4v) is 2.88. The van der Waals surface area contributed by atoms with Crippen LogP contribution in [-0.4, -0.2) is 17.0 Å². The SMILES string of the molecule is OC[C@H](Cc1ccccc1)SCc1ccccc1. The van der Waals surface area contributed by atoms with Gasteiger partial charge in [-0.05, 0) is 17.5 Å². The van der Waals surface area contributed by atoms with Crippen LogP contribution in [0, 0.1) is 0 Å². The van der Waals surface area contributed by atoms with Crippen LogP contribution >= 0.6 is 11.8 Å². The maximum Gasteiger partial charge on any atom is 0.0553 e. The summed E-state index contributed by atoms with van der Waals surface area (Å²) >= 11 is 1.82. The lowest BCUT2D eigenvalue weighted by Crippen LogP contribution is -2.12. The minimum Gasteiger partial charge on any atom is -0.395 e. The molecule has 18 heavy (non-hydrogen) atoms. The van der Waals surface area contributed by atoms with Crippen molar-refractivity contribution in [2.45, 2.75) is 17.4 Å². The van der Waals surface area contributed by atoms with Gasteiger partial charge in [0.15, 0.2) is 0 Å². The van der Waals surface area contributed by atoms with Gasteiger partial charge in [0.2, 0.25) is 0 Å². The summed E-state index contributed by atoms with van der Waals surface area (Å²) in [5, 5.41) is 9.72. The Labute approximate surface area is 113 Å². The van der Waals surface area contributed by atoms with E-state index in [4.69, 9.17) is 0 Å². The summed E-state index contributed by atoms with van der Waals surface area (Å²) in [7, 11) is 0. The maximum atomic E-state index is 9.44. The first-order valence-corrected chi connectivity index (χ1v) is 7.23.